The van der Waals surface area contributed by atoms with Crippen LogP contribution in [0, 0.1) is 11.3 Å². The van der Waals surface area contributed by atoms with Crippen LogP contribution in [-0.4, -0.2) is 43.5 Å². The third-order valence-electron chi connectivity index (χ3n) is 5.50. The minimum atomic E-state index is -0.265. The molecule has 0 spiro atoms. The van der Waals surface area contributed by atoms with Gasteiger partial charge in [0.2, 0.25) is 5.91 Å². The van der Waals surface area contributed by atoms with Crippen LogP contribution < -0.4 is 11.1 Å². The summed E-state index contributed by atoms with van der Waals surface area (Å²) in [6, 6.07) is 0. The number of rotatable bonds is 6. The van der Waals surface area contributed by atoms with Crippen LogP contribution in [0.2, 0.25) is 0 Å². The highest BCUT2D eigenvalue weighted by molar-refractivity contribution is 5.82. The predicted octanol–water partition coefficient (Wildman–Crippen LogP) is 2.13. The van der Waals surface area contributed by atoms with E-state index >= 15 is 0 Å². The molecule has 4 nitrogen and oxygen atoms in total. The van der Waals surface area contributed by atoms with Crippen molar-refractivity contribution in [3.63, 3.8) is 0 Å². The maximum Gasteiger partial charge on any atom is 0.227 e. The lowest BCUT2D eigenvalue weighted by Crippen LogP contribution is -2.47. The number of piperidine rings is 1. The summed E-state index contributed by atoms with van der Waals surface area (Å²) in [5.74, 6) is 1.09. The summed E-state index contributed by atoms with van der Waals surface area (Å²) in [6.45, 7) is 7.20. The molecule has 0 unspecified atom stereocenters. The smallest absolute Gasteiger partial charge is 0.227 e. The second kappa shape index (κ2) is 8.14. The number of nitrogens with two attached hydrogens (primary N) is 1. The summed E-state index contributed by atoms with van der Waals surface area (Å²) >= 11 is 0. The zero-order valence-electron chi connectivity index (χ0n) is 13.7. The lowest BCUT2D eigenvalue weighted by molar-refractivity contribution is -0.132. The second-order valence-electron chi connectivity index (χ2n) is 7.18. The van der Waals surface area contributed by atoms with E-state index in [2.05, 4.69) is 17.1 Å². The third-order valence-corrected chi connectivity index (χ3v) is 5.50. The molecule has 0 radical (unpaired) electrons. The fourth-order valence-electron chi connectivity index (χ4n) is 3.73. The molecule has 1 aliphatic carbocycles. The van der Waals surface area contributed by atoms with Crippen LogP contribution >= 0.6 is 0 Å². The van der Waals surface area contributed by atoms with Crippen LogP contribution in [0.15, 0.2) is 0 Å². The van der Waals surface area contributed by atoms with Crippen molar-refractivity contribution in [3.05, 3.63) is 0 Å². The molecule has 2 rings (SSSR count). The maximum absolute atomic E-state index is 12.4. The van der Waals surface area contributed by atoms with Gasteiger partial charge in [0.15, 0.2) is 0 Å². The zero-order valence-corrected chi connectivity index (χ0v) is 13.7. The molecule has 21 heavy (non-hydrogen) atoms. The summed E-state index contributed by atoms with van der Waals surface area (Å²) in [5, 5.41) is 3.15. The number of carbonyl (C=O) groups is 1. The van der Waals surface area contributed by atoms with E-state index in [4.69, 9.17) is 5.73 Å². The highest BCUT2D eigenvalue weighted by Crippen LogP contribution is 2.35. The van der Waals surface area contributed by atoms with Crippen molar-refractivity contribution >= 4 is 5.91 Å². The van der Waals surface area contributed by atoms with Crippen molar-refractivity contribution in [3.8, 4) is 0 Å². The molecular weight excluding hydrogens is 262 g/mol. The second-order valence-corrected chi connectivity index (χ2v) is 7.18. The van der Waals surface area contributed by atoms with Crippen molar-refractivity contribution in [1.29, 1.82) is 0 Å². The van der Waals surface area contributed by atoms with Gasteiger partial charge < -0.3 is 16.0 Å². The van der Waals surface area contributed by atoms with Crippen molar-refractivity contribution in [1.82, 2.24) is 10.2 Å². The van der Waals surface area contributed by atoms with E-state index in [-0.39, 0.29) is 11.3 Å². The molecule has 0 bridgehead atoms. The van der Waals surface area contributed by atoms with E-state index in [1.54, 1.807) is 0 Å². The summed E-state index contributed by atoms with van der Waals surface area (Å²) in [6.07, 6.45) is 9.19. The van der Waals surface area contributed by atoms with Gasteiger partial charge in [-0.3, -0.25) is 4.79 Å². The molecule has 3 N–H and O–H groups in total. The van der Waals surface area contributed by atoms with Crippen LogP contribution in [0.3, 0.4) is 0 Å². The zero-order chi connectivity index (χ0) is 15.1. The minimum Gasteiger partial charge on any atom is -0.356 e. The monoisotopic (exact) mass is 295 g/mol. The first kappa shape index (κ1) is 16.8. The first-order valence-electron chi connectivity index (χ1n) is 8.87. The summed E-state index contributed by atoms with van der Waals surface area (Å²) in [4.78, 5) is 15.0. The highest BCUT2D eigenvalue weighted by Gasteiger charge is 2.37. The Balaban J connectivity index is 1.64. The molecule has 122 valence electrons. The average molecular weight is 295 g/mol. The Morgan fingerprint density at radius 1 is 1.24 bits per heavy atom. The Labute approximate surface area is 129 Å². The van der Waals surface area contributed by atoms with Crippen LogP contribution in [0.1, 0.15) is 58.3 Å². The number of hydrogen-bond donors (Lipinski definition) is 2. The maximum atomic E-state index is 12.4. The van der Waals surface area contributed by atoms with Crippen LogP contribution in [0.5, 0.6) is 0 Å². The van der Waals surface area contributed by atoms with Gasteiger partial charge in [-0.25, -0.2) is 0 Å². The Bertz CT molecular complexity index is 318. The minimum absolute atomic E-state index is 0.206. The molecule has 0 atom stereocenters. The molecule has 0 aromatic heterocycles. The summed E-state index contributed by atoms with van der Waals surface area (Å²) < 4.78 is 0. The lowest BCUT2D eigenvalue weighted by Gasteiger charge is -2.35. The third kappa shape index (κ3) is 4.68. The number of hydrogen-bond acceptors (Lipinski definition) is 3. The number of likely N-dealkylation sites (tertiary alicyclic amines) is 1. The van der Waals surface area contributed by atoms with Crippen molar-refractivity contribution in [2.45, 2.75) is 58.3 Å². The van der Waals surface area contributed by atoms with Gasteiger partial charge in [-0.2, -0.15) is 0 Å². The van der Waals surface area contributed by atoms with Gasteiger partial charge in [-0.05, 0) is 57.7 Å². The van der Waals surface area contributed by atoms with Gasteiger partial charge >= 0.3 is 0 Å². The van der Waals surface area contributed by atoms with Gasteiger partial charge in [0.1, 0.15) is 0 Å². The number of nitrogens with zero attached hydrogens (tertiary/aromatic N) is 1. The summed E-state index contributed by atoms with van der Waals surface area (Å²) in [7, 11) is 0. The van der Waals surface area contributed by atoms with Crippen LogP contribution in [0.4, 0.5) is 0 Å². The standard InChI is InChI=1S/C17H33N3O/c1-15-6-12-20(13-7-15)11-5-10-19-16(21)17(14-18)8-3-2-4-9-17/h15H,2-14,18H2,1H3,(H,19,21). The van der Waals surface area contributed by atoms with Crippen molar-refractivity contribution in [2.24, 2.45) is 17.1 Å². The Kier molecular flexibility index (Phi) is 6.49. The molecule has 1 amide bonds. The number of amides is 1. The van der Waals surface area contributed by atoms with Gasteiger partial charge in [-0.15, -0.1) is 0 Å². The molecule has 1 heterocycles. The van der Waals surface area contributed by atoms with Crippen LogP contribution in [-0.2, 0) is 4.79 Å². The van der Waals surface area contributed by atoms with E-state index in [1.807, 2.05) is 0 Å². The quantitative estimate of drug-likeness (QED) is 0.738. The summed E-state index contributed by atoms with van der Waals surface area (Å²) in [5.41, 5.74) is 5.64. The van der Waals surface area contributed by atoms with E-state index in [0.29, 0.717) is 6.54 Å². The van der Waals surface area contributed by atoms with Crippen molar-refractivity contribution < 1.29 is 4.79 Å². The molecule has 2 aliphatic rings. The first-order chi connectivity index (χ1) is 10.2. The molecular formula is C17H33N3O. The first-order valence-corrected chi connectivity index (χ1v) is 8.87. The fraction of sp³-hybridized carbons (Fsp3) is 0.941. The van der Waals surface area contributed by atoms with Gasteiger partial charge in [0, 0.05) is 13.1 Å². The normalized spacial score (nSPS) is 23.9. The molecule has 2 fully saturated rings. The lowest BCUT2D eigenvalue weighted by atomic mass is 9.73. The molecule has 1 saturated heterocycles. The van der Waals surface area contributed by atoms with E-state index in [1.165, 1.54) is 32.4 Å². The molecule has 0 aromatic rings. The largest absolute Gasteiger partial charge is 0.356 e. The topological polar surface area (TPSA) is 58.4 Å². The Morgan fingerprint density at radius 2 is 1.90 bits per heavy atom. The predicted molar refractivity (Wildman–Crippen MR) is 87.0 cm³/mol. The van der Waals surface area contributed by atoms with Crippen molar-refractivity contribution in [2.75, 3.05) is 32.7 Å². The van der Waals surface area contributed by atoms with E-state index in [9.17, 15) is 4.79 Å². The van der Waals surface area contributed by atoms with E-state index in [0.717, 1.165) is 51.1 Å². The van der Waals surface area contributed by atoms with Gasteiger partial charge in [0.05, 0.1) is 5.41 Å². The molecule has 1 saturated carbocycles. The fourth-order valence-corrected chi connectivity index (χ4v) is 3.73. The molecule has 4 heteroatoms. The van der Waals surface area contributed by atoms with Crippen LogP contribution in [0.25, 0.3) is 0 Å². The Morgan fingerprint density at radius 3 is 2.52 bits per heavy atom. The van der Waals surface area contributed by atoms with E-state index < -0.39 is 0 Å². The number of nitrogens with one attached hydrogen (secondary N) is 1. The highest BCUT2D eigenvalue weighted by atomic mass is 16.2. The van der Waals surface area contributed by atoms with Gasteiger partial charge in [-0.1, -0.05) is 26.2 Å². The average Bonchev–Trinajstić information content (AvgIpc) is 2.53. The number of carbonyl (C=O) groups excluding carboxylic acids is 1. The van der Waals surface area contributed by atoms with Gasteiger partial charge in [0.25, 0.3) is 0 Å². The molecule has 0 aromatic carbocycles. The molecule has 1 aliphatic heterocycles. The SMILES string of the molecule is CC1CCN(CCCNC(=O)C2(CN)CCCCC2)CC1. The Hall–Kier alpha value is -0.610.